The summed E-state index contributed by atoms with van der Waals surface area (Å²) >= 11 is 0. The first-order valence-corrected chi connectivity index (χ1v) is 20.7. The molecule has 1 aromatic carbocycles. The number of aromatic nitrogens is 3. The van der Waals surface area contributed by atoms with Gasteiger partial charge in [-0.3, -0.25) is 4.79 Å². The molecule has 9 nitrogen and oxygen atoms in total. The van der Waals surface area contributed by atoms with E-state index in [1.54, 1.807) is 18.5 Å². The van der Waals surface area contributed by atoms with Gasteiger partial charge in [0.25, 0.3) is 0 Å². The zero-order valence-corrected chi connectivity index (χ0v) is 34.9. The standard InChI is InChI=1S/C45H68N4O5/c1-27(2)28(3)41(8)20-21-42(9)31-16-17-34-40(7)22-33(49-37(47-26-48-49)29-12-14-30(50)15-13-29)36(54-24-44(11,46)39(4,5)6)45(34,25-53-23-40)32(31)18-19-43(42,10)35(41)38(51)52/h12-15,18,26-28,31,33-36,50H,16-17,19-25,46H2,1-11H3,(H,51,52)/t28-,31+,33-,34-,35-,36+,40-,41-,42-,43+,44+,45+/m1/s1. The van der Waals surface area contributed by atoms with Crippen LogP contribution >= 0.6 is 0 Å². The monoisotopic (exact) mass is 745 g/mol. The Labute approximate surface area is 323 Å². The summed E-state index contributed by atoms with van der Waals surface area (Å²) in [5.41, 5.74) is 7.05. The van der Waals surface area contributed by atoms with Gasteiger partial charge in [0.1, 0.15) is 12.1 Å². The third-order valence-electron chi connectivity index (χ3n) is 17.3. The third kappa shape index (κ3) is 5.51. The predicted octanol–water partition coefficient (Wildman–Crippen LogP) is 8.93. The average molecular weight is 745 g/mol. The van der Waals surface area contributed by atoms with Gasteiger partial charge in [-0.05, 0) is 120 Å². The molecule has 0 amide bonds. The van der Waals surface area contributed by atoms with Crippen LogP contribution in [0.1, 0.15) is 121 Å². The number of nitrogens with two attached hydrogens (primary N) is 1. The van der Waals surface area contributed by atoms with E-state index in [2.05, 4.69) is 86.9 Å². The highest BCUT2D eigenvalue weighted by Gasteiger charge is 2.73. The number of phenolic OH excluding ortho intramolecular Hbond substituents is 1. The van der Waals surface area contributed by atoms with E-state index in [1.165, 1.54) is 5.57 Å². The van der Waals surface area contributed by atoms with Crippen LogP contribution in [0, 0.1) is 62.1 Å². The summed E-state index contributed by atoms with van der Waals surface area (Å²) in [6, 6.07) is 7.03. The second kappa shape index (κ2) is 12.9. The van der Waals surface area contributed by atoms with E-state index >= 15 is 0 Å². The van der Waals surface area contributed by atoms with E-state index in [4.69, 9.17) is 25.3 Å². The number of nitrogens with zero attached hydrogens (tertiary/aromatic N) is 3. The zero-order chi connectivity index (χ0) is 39.4. The molecule has 1 aliphatic heterocycles. The minimum absolute atomic E-state index is 0.147. The Morgan fingerprint density at radius 1 is 1.04 bits per heavy atom. The number of carboxylic acid groups (broad SMARTS) is 1. The van der Waals surface area contributed by atoms with Crippen molar-refractivity contribution in [2.45, 2.75) is 132 Å². The maximum atomic E-state index is 13.7. The predicted molar refractivity (Wildman–Crippen MR) is 212 cm³/mol. The number of carboxylic acids is 1. The molecule has 4 fully saturated rings. The number of rotatable bonds is 8. The van der Waals surface area contributed by atoms with Gasteiger partial charge in [0, 0.05) is 16.5 Å². The summed E-state index contributed by atoms with van der Waals surface area (Å²) in [5.74, 6) is 1.04. The van der Waals surface area contributed by atoms with E-state index in [0.717, 1.165) is 43.5 Å². The fourth-order valence-corrected chi connectivity index (χ4v) is 12.9. The number of phenols is 1. The molecule has 4 aliphatic carbocycles. The number of fused-ring (bicyclic) bond motifs is 3. The molecule has 2 heterocycles. The highest BCUT2D eigenvalue weighted by molar-refractivity contribution is 5.73. The zero-order valence-electron chi connectivity index (χ0n) is 34.9. The van der Waals surface area contributed by atoms with Gasteiger partial charge in [-0.2, -0.15) is 5.10 Å². The molecule has 0 radical (unpaired) electrons. The van der Waals surface area contributed by atoms with Crippen molar-refractivity contribution >= 4 is 5.97 Å². The lowest BCUT2D eigenvalue weighted by Gasteiger charge is -2.71. The summed E-state index contributed by atoms with van der Waals surface area (Å²) in [6.07, 6.45) is 9.32. The van der Waals surface area contributed by atoms with Crippen LogP contribution in [-0.2, 0) is 14.3 Å². The van der Waals surface area contributed by atoms with E-state index in [-0.39, 0.29) is 51.4 Å². The van der Waals surface area contributed by atoms with Gasteiger partial charge in [-0.25, -0.2) is 9.67 Å². The van der Waals surface area contributed by atoms with Crippen LogP contribution in [0.4, 0.5) is 0 Å². The van der Waals surface area contributed by atoms with Crippen molar-refractivity contribution < 1.29 is 24.5 Å². The fourth-order valence-electron chi connectivity index (χ4n) is 12.9. The van der Waals surface area contributed by atoms with Gasteiger partial charge in [0.15, 0.2) is 5.82 Å². The van der Waals surface area contributed by atoms with Gasteiger partial charge < -0.3 is 25.4 Å². The number of aromatic hydroxyl groups is 1. The molecule has 2 bridgehead atoms. The Morgan fingerprint density at radius 2 is 1.72 bits per heavy atom. The third-order valence-corrected chi connectivity index (χ3v) is 17.3. The molecule has 9 heteroatoms. The maximum Gasteiger partial charge on any atom is 0.307 e. The maximum absolute atomic E-state index is 13.7. The van der Waals surface area contributed by atoms with Crippen molar-refractivity contribution in [2.75, 3.05) is 19.8 Å². The second-order valence-corrected chi connectivity index (χ2v) is 21.1. The van der Waals surface area contributed by atoms with Crippen LogP contribution in [0.3, 0.4) is 0 Å². The molecular formula is C45H68N4O5. The van der Waals surface area contributed by atoms with Gasteiger partial charge in [-0.15, -0.1) is 0 Å². The number of aliphatic carboxylic acids is 1. The minimum atomic E-state index is -0.646. The van der Waals surface area contributed by atoms with Crippen LogP contribution < -0.4 is 5.73 Å². The molecule has 12 atom stereocenters. The van der Waals surface area contributed by atoms with Crippen LogP contribution in [0.25, 0.3) is 11.4 Å². The molecule has 0 spiro atoms. The van der Waals surface area contributed by atoms with Crippen LogP contribution in [0.15, 0.2) is 42.2 Å². The van der Waals surface area contributed by atoms with Gasteiger partial charge >= 0.3 is 5.97 Å². The molecule has 0 unspecified atom stereocenters. The van der Waals surface area contributed by atoms with Gasteiger partial charge in [0.05, 0.1) is 37.9 Å². The largest absolute Gasteiger partial charge is 0.508 e. The minimum Gasteiger partial charge on any atom is -0.508 e. The van der Waals surface area contributed by atoms with Crippen molar-refractivity contribution in [1.29, 1.82) is 0 Å². The summed E-state index contributed by atoms with van der Waals surface area (Å²) < 4.78 is 16.3. The fraction of sp³-hybridized carbons (Fsp3) is 0.756. The first-order valence-electron chi connectivity index (χ1n) is 20.7. The Morgan fingerprint density at radius 3 is 2.35 bits per heavy atom. The summed E-state index contributed by atoms with van der Waals surface area (Å²) in [5, 5.41) is 26.3. The molecular weight excluding hydrogens is 677 g/mol. The van der Waals surface area contributed by atoms with Crippen LogP contribution in [-0.4, -0.2) is 62.4 Å². The number of allylic oxidation sites excluding steroid dienone is 1. The summed E-state index contributed by atoms with van der Waals surface area (Å²) in [7, 11) is 0. The number of ether oxygens (including phenoxy) is 2. The first-order chi connectivity index (χ1) is 25.1. The molecule has 298 valence electrons. The number of carbonyl (C=O) groups is 1. The first kappa shape index (κ1) is 39.5. The van der Waals surface area contributed by atoms with E-state index in [1.807, 2.05) is 12.1 Å². The van der Waals surface area contributed by atoms with Crippen molar-refractivity contribution in [3.05, 3.63) is 42.2 Å². The van der Waals surface area contributed by atoms with Crippen LogP contribution in [0.5, 0.6) is 5.75 Å². The van der Waals surface area contributed by atoms with Crippen molar-refractivity contribution in [3.63, 3.8) is 0 Å². The highest BCUT2D eigenvalue weighted by atomic mass is 16.5. The molecule has 7 rings (SSSR count). The smallest absolute Gasteiger partial charge is 0.307 e. The summed E-state index contributed by atoms with van der Waals surface area (Å²) in [4.78, 5) is 18.5. The van der Waals surface area contributed by atoms with E-state index < -0.39 is 28.3 Å². The molecule has 2 aromatic rings. The molecule has 1 saturated heterocycles. The SMILES string of the molecule is CC(C)[C@@H](C)[C@@]1(C)CC[C@]2(C)[C@H]3CC[C@@H]4[C@@]5(C)COC[C@@]4(C3=CC[C@@]2(C)[C@@H]1C(=O)O)[C@@H](OC[C@](C)(N)C(C)(C)C)[C@H](n1ncnc1-c1ccc(O)cc1)C5. The topological polar surface area (TPSA) is 133 Å². The Kier molecular flexibility index (Phi) is 9.42. The summed E-state index contributed by atoms with van der Waals surface area (Å²) in [6.45, 7) is 26.4. The lowest BCUT2D eigenvalue weighted by atomic mass is 9.34. The Balaban J connectivity index is 1.40. The lowest BCUT2D eigenvalue weighted by molar-refractivity contribution is -0.255. The average Bonchev–Trinajstić information content (AvgIpc) is 3.57. The number of hydrogen-bond acceptors (Lipinski definition) is 7. The Hall–Kier alpha value is -2.75. The van der Waals surface area contributed by atoms with Crippen molar-refractivity contribution in [3.8, 4) is 17.1 Å². The Bertz CT molecular complexity index is 1780. The van der Waals surface area contributed by atoms with Gasteiger partial charge in [-0.1, -0.05) is 80.9 Å². The van der Waals surface area contributed by atoms with Crippen LogP contribution in [0.2, 0.25) is 0 Å². The molecule has 3 saturated carbocycles. The number of hydrogen-bond donors (Lipinski definition) is 3. The second-order valence-electron chi connectivity index (χ2n) is 21.1. The van der Waals surface area contributed by atoms with Crippen molar-refractivity contribution in [1.82, 2.24) is 14.8 Å². The van der Waals surface area contributed by atoms with Gasteiger partial charge in [0.2, 0.25) is 0 Å². The number of benzene rings is 1. The van der Waals surface area contributed by atoms with E-state index in [9.17, 15) is 15.0 Å². The van der Waals surface area contributed by atoms with Crippen molar-refractivity contribution in [2.24, 2.45) is 67.8 Å². The molecule has 5 aliphatic rings. The lowest BCUT2D eigenvalue weighted by Crippen LogP contribution is -2.70. The molecule has 4 N–H and O–H groups in total. The quantitative estimate of drug-likeness (QED) is 0.228. The normalized spacial score (nSPS) is 40.8. The molecule has 1 aromatic heterocycles. The molecule has 54 heavy (non-hydrogen) atoms. The van der Waals surface area contributed by atoms with E-state index in [0.29, 0.717) is 38.1 Å². The highest BCUT2D eigenvalue weighted by Crippen LogP contribution is 2.75.